The van der Waals surface area contributed by atoms with Gasteiger partial charge in [0.2, 0.25) is 0 Å². The van der Waals surface area contributed by atoms with Crippen LogP contribution < -0.4 is 0 Å². The Morgan fingerprint density at radius 3 is 2.19 bits per heavy atom. The SMILES string of the molecule is Cc1n[nH]nc1C(=O)N1C[C@H]2CN(C(=O)c3ccccc3CSc3ccccc3)C[C@H]2C1. The van der Waals surface area contributed by atoms with Gasteiger partial charge in [0.1, 0.15) is 0 Å². The van der Waals surface area contributed by atoms with Gasteiger partial charge in [-0.15, -0.1) is 11.8 Å². The van der Waals surface area contributed by atoms with Crippen molar-refractivity contribution in [2.75, 3.05) is 26.2 Å². The number of nitrogens with one attached hydrogen (secondary N) is 1. The molecule has 32 heavy (non-hydrogen) atoms. The van der Waals surface area contributed by atoms with Crippen LogP contribution in [0.25, 0.3) is 0 Å². The first-order valence-corrected chi connectivity index (χ1v) is 11.8. The van der Waals surface area contributed by atoms with Crippen molar-refractivity contribution in [3.05, 3.63) is 77.1 Å². The van der Waals surface area contributed by atoms with Gasteiger partial charge in [0.25, 0.3) is 11.8 Å². The minimum atomic E-state index is -0.0770. The van der Waals surface area contributed by atoms with Crippen molar-refractivity contribution in [1.29, 1.82) is 0 Å². The first-order valence-electron chi connectivity index (χ1n) is 10.8. The first kappa shape index (κ1) is 20.8. The Morgan fingerprint density at radius 1 is 0.906 bits per heavy atom. The van der Waals surface area contributed by atoms with Crippen LogP contribution in [0, 0.1) is 18.8 Å². The van der Waals surface area contributed by atoms with Crippen molar-refractivity contribution >= 4 is 23.6 Å². The third-order valence-corrected chi connectivity index (χ3v) is 7.43. The lowest BCUT2D eigenvalue weighted by atomic mass is 10.0. The molecule has 0 unspecified atom stereocenters. The summed E-state index contributed by atoms with van der Waals surface area (Å²) in [4.78, 5) is 31.1. The molecule has 2 atom stereocenters. The Kier molecular flexibility index (Phi) is 5.70. The molecule has 2 aliphatic rings. The fourth-order valence-electron chi connectivity index (χ4n) is 4.66. The lowest BCUT2D eigenvalue weighted by Crippen LogP contribution is -2.36. The van der Waals surface area contributed by atoms with E-state index in [-0.39, 0.29) is 11.8 Å². The summed E-state index contributed by atoms with van der Waals surface area (Å²) in [6, 6.07) is 18.1. The van der Waals surface area contributed by atoms with E-state index < -0.39 is 0 Å². The number of aryl methyl sites for hydroxylation is 1. The zero-order valence-corrected chi connectivity index (χ0v) is 18.7. The number of carbonyl (C=O) groups excluding carboxylic acids is 2. The Balaban J connectivity index is 1.23. The minimum absolute atomic E-state index is 0.0770. The van der Waals surface area contributed by atoms with E-state index in [0.29, 0.717) is 49.4 Å². The van der Waals surface area contributed by atoms with E-state index in [0.717, 1.165) is 16.9 Å². The van der Waals surface area contributed by atoms with Crippen molar-refractivity contribution in [3.8, 4) is 0 Å². The summed E-state index contributed by atoms with van der Waals surface area (Å²) in [5.41, 5.74) is 2.85. The van der Waals surface area contributed by atoms with Crippen molar-refractivity contribution in [2.24, 2.45) is 11.8 Å². The second-order valence-electron chi connectivity index (χ2n) is 8.46. The molecule has 0 saturated carbocycles. The second-order valence-corrected chi connectivity index (χ2v) is 9.51. The molecule has 3 aromatic rings. The molecule has 2 fully saturated rings. The number of H-pyrrole nitrogens is 1. The Bertz CT molecular complexity index is 1120. The third kappa shape index (κ3) is 4.02. The number of nitrogens with zero attached hydrogens (tertiary/aromatic N) is 4. The molecule has 0 radical (unpaired) electrons. The van der Waals surface area contributed by atoms with Gasteiger partial charge in [-0.05, 0) is 30.7 Å². The number of carbonyl (C=O) groups is 2. The highest BCUT2D eigenvalue weighted by Crippen LogP contribution is 2.33. The van der Waals surface area contributed by atoms with E-state index >= 15 is 0 Å². The van der Waals surface area contributed by atoms with Crippen LogP contribution in [-0.4, -0.2) is 63.2 Å². The molecule has 8 heteroatoms. The number of aromatic amines is 1. The van der Waals surface area contributed by atoms with Crippen molar-refractivity contribution in [3.63, 3.8) is 0 Å². The number of aromatic nitrogens is 3. The highest BCUT2D eigenvalue weighted by Gasteiger charge is 2.44. The van der Waals surface area contributed by atoms with E-state index in [1.165, 1.54) is 4.90 Å². The highest BCUT2D eigenvalue weighted by atomic mass is 32.2. The molecule has 0 bridgehead atoms. The van der Waals surface area contributed by atoms with Gasteiger partial charge in [-0.25, -0.2) is 0 Å². The van der Waals surface area contributed by atoms with E-state index in [9.17, 15) is 9.59 Å². The zero-order valence-electron chi connectivity index (χ0n) is 17.9. The van der Waals surface area contributed by atoms with Gasteiger partial charge in [-0.2, -0.15) is 15.4 Å². The summed E-state index contributed by atoms with van der Waals surface area (Å²) in [5.74, 6) is 1.38. The predicted octanol–water partition coefficient (Wildman–Crippen LogP) is 3.25. The number of hydrogen-bond donors (Lipinski definition) is 1. The van der Waals surface area contributed by atoms with Crippen molar-refractivity contribution in [1.82, 2.24) is 25.2 Å². The molecule has 1 N–H and O–H groups in total. The quantitative estimate of drug-likeness (QED) is 0.607. The number of fused-ring (bicyclic) bond motifs is 1. The summed E-state index contributed by atoms with van der Waals surface area (Å²) < 4.78 is 0. The maximum Gasteiger partial charge on any atom is 0.276 e. The number of rotatable bonds is 5. The first-order chi connectivity index (χ1) is 15.6. The largest absolute Gasteiger partial charge is 0.338 e. The molecule has 3 heterocycles. The fraction of sp³-hybridized carbons (Fsp3) is 0.333. The molecule has 0 aliphatic carbocycles. The summed E-state index contributed by atoms with van der Waals surface area (Å²) in [6.07, 6.45) is 0. The summed E-state index contributed by atoms with van der Waals surface area (Å²) in [5, 5.41) is 10.5. The summed E-state index contributed by atoms with van der Waals surface area (Å²) in [6.45, 7) is 4.47. The summed E-state index contributed by atoms with van der Waals surface area (Å²) >= 11 is 1.74. The molecular formula is C24H25N5O2S. The molecule has 2 saturated heterocycles. The number of hydrogen-bond acceptors (Lipinski definition) is 5. The summed E-state index contributed by atoms with van der Waals surface area (Å²) in [7, 11) is 0. The Morgan fingerprint density at radius 2 is 1.53 bits per heavy atom. The molecule has 164 valence electrons. The average Bonchev–Trinajstić information content (AvgIpc) is 3.52. The Labute approximate surface area is 191 Å². The predicted molar refractivity (Wildman–Crippen MR) is 122 cm³/mol. The van der Waals surface area contributed by atoms with Gasteiger partial charge < -0.3 is 9.80 Å². The van der Waals surface area contributed by atoms with Crippen LogP contribution >= 0.6 is 11.8 Å². The van der Waals surface area contributed by atoms with Gasteiger partial charge in [-0.3, -0.25) is 9.59 Å². The van der Waals surface area contributed by atoms with Crippen molar-refractivity contribution < 1.29 is 9.59 Å². The van der Waals surface area contributed by atoms with E-state index in [1.54, 1.807) is 18.7 Å². The fourth-order valence-corrected chi connectivity index (χ4v) is 5.59. The second kappa shape index (κ2) is 8.78. The monoisotopic (exact) mass is 447 g/mol. The third-order valence-electron chi connectivity index (χ3n) is 6.37. The van der Waals surface area contributed by atoms with Crippen LogP contribution in [0.3, 0.4) is 0 Å². The van der Waals surface area contributed by atoms with Gasteiger partial charge in [-0.1, -0.05) is 36.4 Å². The molecule has 5 rings (SSSR count). The standard InChI is InChI=1S/C24H25N5O2S/c1-16-22(26-27-25-16)24(31)29-13-18-11-28(12-19(18)14-29)23(30)21-10-6-5-7-17(21)15-32-20-8-3-2-4-9-20/h2-10,18-19H,11-15H2,1H3,(H,25,26,27)/t18-,19+. The lowest BCUT2D eigenvalue weighted by Gasteiger charge is -2.22. The van der Waals surface area contributed by atoms with Gasteiger partial charge in [0.15, 0.2) is 5.69 Å². The average molecular weight is 448 g/mol. The smallest absolute Gasteiger partial charge is 0.276 e. The number of likely N-dealkylation sites (tertiary alicyclic amines) is 2. The number of amides is 2. The molecule has 2 aromatic carbocycles. The van der Waals surface area contributed by atoms with Crippen LogP contribution in [0.4, 0.5) is 0 Å². The van der Waals surface area contributed by atoms with Gasteiger partial charge in [0.05, 0.1) is 5.69 Å². The van der Waals surface area contributed by atoms with E-state index in [2.05, 4.69) is 27.5 Å². The highest BCUT2D eigenvalue weighted by molar-refractivity contribution is 7.98. The topological polar surface area (TPSA) is 82.2 Å². The lowest BCUT2D eigenvalue weighted by molar-refractivity contribution is 0.0734. The van der Waals surface area contributed by atoms with Crippen LogP contribution in [0.1, 0.15) is 32.1 Å². The van der Waals surface area contributed by atoms with Gasteiger partial charge >= 0.3 is 0 Å². The van der Waals surface area contributed by atoms with Crippen LogP contribution in [0.2, 0.25) is 0 Å². The maximum atomic E-state index is 13.4. The molecule has 2 aliphatic heterocycles. The normalized spacial score (nSPS) is 19.9. The van der Waals surface area contributed by atoms with Crippen molar-refractivity contribution in [2.45, 2.75) is 17.6 Å². The molecule has 1 aromatic heterocycles. The molecule has 7 nitrogen and oxygen atoms in total. The van der Waals surface area contributed by atoms with Crippen LogP contribution in [-0.2, 0) is 5.75 Å². The van der Waals surface area contributed by atoms with Crippen LogP contribution in [0.5, 0.6) is 0 Å². The minimum Gasteiger partial charge on any atom is -0.338 e. The molecule has 2 amide bonds. The zero-order chi connectivity index (χ0) is 22.1. The van der Waals surface area contributed by atoms with Crippen LogP contribution in [0.15, 0.2) is 59.5 Å². The maximum absolute atomic E-state index is 13.4. The van der Waals surface area contributed by atoms with E-state index in [1.807, 2.05) is 52.3 Å². The molecule has 0 spiro atoms. The molecular weight excluding hydrogens is 422 g/mol. The number of benzene rings is 2. The van der Waals surface area contributed by atoms with Gasteiger partial charge in [0, 0.05) is 54.2 Å². The van der Waals surface area contributed by atoms with E-state index in [4.69, 9.17) is 0 Å². The Hall–Kier alpha value is -3.13. The number of thioether (sulfide) groups is 1.